The molecule has 4 rings (SSSR count). The molecular weight excluding hydrogens is 412 g/mol. The molecule has 0 radical (unpaired) electrons. The monoisotopic (exact) mass is 448 g/mol. The Morgan fingerprint density at radius 3 is 1.82 bits per heavy atom. The lowest BCUT2D eigenvalue weighted by Crippen LogP contribution is -2.19. The molecule has 0 saturated heterocycles. The summed E-state index contributed by atoms with van der Waals surface area (Å²) in [5, 5.41) is 0. The number of hydrogen-bond donors (Lipinski definition) is 0. The summed E-state index contributed by atoms with van der Waals surface area (Å²) in [7, 11) is 0. The maximum absolute atomic E-state index is 6.26. The lowest BCUT2D eigenvalue weighted by Gasteiger charge is -2.28. The molecule has 0 atom stereocenters. The van der Waals surface area contributed by atoms with Crippen molar-refractivity contribution >= 4 is 0 Å². The summed E-state index contributed by atoms with van der Waals surface area (Å²) in [6.07, 6.45) is 3.48. The largest absolute Gasteiger partial charge is 0.493 e. The van der Waals surface area contributed by atoms with E-state index >= 15 is 0 Å². The summed E-state index contributed by atoms with van der Waals surface area (Å²) < 4.78 is 6.26. The molecule has 0 aliphatic carbocycles. The molecule has 0 spiro atoms. The van der Waals surface area contributed by atoms with E-state index in [0.29, 0.717) is 0 Å². The topological polar surface area (TPSA) is 9.23 Å². The number of rotatable bonds is 9. The van der Waals surface area contributed by atoms with Gasteiger partial charge in [0.05, 0.1) is 6.61 Å². The summed E-state index contributed by atoms with van der Waals surface area (Å²) in [5.74, 6) is 0.968. The Kier molecular flexibility index (Phi) is 7.53. The lowest BCUT2D eigenvalue weighted by atomic mass is 9.76. The van der Waals surface area contributed by atoms with Crippen LogP contribution in [-0.2, 0) is 5.41 Å². The molecule has 0 amide bonds. The SMILES string of the molecule is CCCCCOc1ccc(C(C)(C)c2ccc(C)c(-c3ccccc3)c2)cc1-c1ccccc1. The zero-order valence-corrected chi connectivity index (χ0v) is 21.0. The van der Waals surface area contributed by atoms with Crippen LogP contribution in [0.5, 0.6) is 5.75 Å². The van der Waals surface area contributed by atoms with Crippen molar-refractivity contribution in [2.24, 2.45) is 0 Å². The van der Waals surface area contributed by atoms with Gasteiger partial charge in [0, 0.05) is 11.0 Å². The predicted octanol–water partition coefficient (Wildman–Crippen LogP) is 9.22. The van der Waals surface area contributed by atoms with Gasteiger partial charge in [-0.05, 0) is 58.9 Å². The molecule has 0 aliphatic rings. The van der Waals surface area contributed by atoms with Crippen molar-refractivity contribution in [1.29, 1.82) is 0 Å². The molecule has 0 aromatic heterocycles. The number of benzene rings is 4. The summed E-state index contributed by atoms with van der Waals surface area (Å²) in [6.45, 7) is 9.81. The van der Waals surface area contributed by atoms with Gasteiger partial charge in [0.25, 0.3) is 0 Å². The van der Waals surface area contributed by atoms with Crippen LogP contribution in [0.3, 0.4) is 0 Å². The van der Waals surface area contributed by atoms with Gasteiger partial charge in [0.15, 0.2) is 0 Å². The van der Waals surface area contributed by atoms with E-state index in [-0.39, 0.29) is 5.41 Å². The molecule has 1 nitrogen and oxygen atoms in total. The van der Waals surface area contributed by atoms with E-state index in [4.69, 9.17) is 4.74 Å². The molecule has 4 aromatic carbocycles. The molecule has 0 heterocycles. The molecule has 34 heavy (non-hydrogen) atoms. The van der Waals surface area contributed by atoms with E-state index in [1.807, 2.05) is 0 Å². The standard InChI is InChI=1S/C33H36O/c1-5-6-13-22-34-32-21-20-29(24-31(32)27-16-11-8-12-17-27)33(3,4)28-19-18-25(2)30(23-28)26-14-9-7-10-15-26/h7-12,14-21,23-24H,5-6,13,22H2,1-4H3. The summed E-state index contributed by atoms with van der Waals surface area (Å²) in [5.41, 5.74) is 8.66. The first kappa shape index (κ1) is 23.8. The fourth-order valence-corrected chi connectivity index (χ4v) is 4.53. The van der Waals surface area contributed by atoms with Gasteiger partial charge in [-0.15, -0.1) is 0 Å². The van der Waals surface area contributed by atoms with E-state index in [2.05, 4.69) is 125 Å². The van der Waals surface area contributed by atoms with Gasteiger partial charge < -0.3 is 4.74 Å². The lowest BCUT2D eigenvalue weighted by molar-refractivity contribution is 0.307. The van der Waals surface area contributed by atoms with Gasteiger partial charge in [-0.3, -0.25) is 0 Å². The minimum Gasteiger partial charge on any atom is -0.493 e. The molecule has 1 heteroatoms. The molecule has 0 N–H and O–H groups in total. The highest BCUT2D eigenvalue weighted by Crippen LogP contribution is 2.39. The zero-order chi connectivity index (χ0) is 24.0. The number of aryl methyl sites for hydroxylation is 1. The number of unbranched alkanes of at least 4 members (excludes halogenated alkanes) is 2. The van der Waals surface area contributed by atoms with Gasteiger partial charge >= 0.3 is 0 Å². The Morgan fingerprint density at radius 1 is 0.647 bits per heavy atom. The third-order valence-electron chi connectivity index (χ3n) is 6.84. The Balaban J connectivity index is 1.73. The van der Waals surface area contributed by atoms with E-state index in [9.17, 15) is 0 Å². The third kappa shape index (κ3) is 5.25. The fraction of sp³-hybridized carbons (Fsp3) is 0.273. The van der Waals surface area contributed by atoms with Crippen LogP contribution in [0.1, 0.15) is 56.7 Å². The molecule has 0 aliphatic heterocycles. The highest BCUT2D eigenvalue weighted by molar-refractivity contribution is 5.73. The van der Waals surface area contributed by atoms with Crippen LogP contribution < -0.4 is 4.74 Å². The first-order valence-corrected chi connectivity index (χ1v) is 12.5. The van der Waals surface area contributed by atoms with E-state index in [1.165, 1.54) is 46.2 Å². The van der Waals surface area contributed by atoms with Gasteiger partial charge in [-0.1, -0.05) is 119 Å². The van der Waals surface area contributed by atoms with Crippen molar-refractivity contribution in [3.05, 3.63) is 114 Å². The fourth-order valence-electron chi connectivity index (χ4n) is 4.53. The molecule has 0 bridgehead atoms. The second-order valence-electron chi connectivity index (χ2n) is 9.65. The predicted molar refractivity (Wildman–Crippen MR) is 146 cm³/mol. The van der Waals surface area contributed by atoms with Crippen molar-refractivity contribution in [3.8, 4) is 28.0 Å². The zero-order valence-electron chi connectivity index (χ0n) is 21.0. The normalized spacial score (nSPS) is 11.4. The number of hydrogen-bond acceptors (Lipinski definition) is 1. The van der Waals surface area contributed by atoms with E-state index in [1.54, 1.807) is 0 Å². The average molecular weight is 449 g/mol. The first-order chi connectivity index (χ1) is 16.5. The van der Waals surface area contributed by atoms with E-state index in [0.717, 1.165) is 24.3 Å². The highest BCUT2D eigenvalue weighted by Gasteiger charge is 2.25. The van der Waals surface area contributed by atoms with Crippen molar-refractivity contribution in [3.63, 3.8) is 0 Å². The smallest absolute Gasteiger partial charge is 0.127 e. The van der Waals surface area contributed by atoms with Crippen LogP contribution in [0.4, 0.5) is 0 Å². The quantitative estimate of drug-likeness (QED) is 0.232. The minimum atomic E-state index is -0.151. The van der Waals surface area contributed by atoms with Crippen molar-refractivity contribution in [2.75, 3.05) is 6.61 Å². The molecule has 0 fully saturated rings. The van der Waals surface area contributed by atoms with Crippen LogP contribution in [-0.4, -0.2) is 6.61 Å². The second-order valence-corrected chi connectivity index (χ2v) is 9.65. The van der Waals surface area contributed by atoms with Crippen molar-refractivity contribution in [1.82, 2.24) is 0 Å². The molecule has 174 valence electrons. The van der Waals surface area contributed by atoms with Gasteiger partial charge in [0.2, 0.25) is 0 Å². The van der Waals surface area contributed by atoms with Crippen LogP contribution in [0.2, 0.25) is 0 Å². The van der Waals surface area contributed by atoms with E-state index < -0.39 is 0 Å². The molecule has 0 saturated carbocycles. The maximum Gasteiger partial charge on any atom is 0.127 e. The van der Waals surface area contributed by atoms with Gasteiger partial charge in [-0.25, -0.2) is 0 Å². The summed E-state index contributed by atoms with van der Waals surface area (Å²) in [4.78, 5) is 0. The second kappa shape index (κ2) is 10.7. The Labute approximate surface area is 205 Å². The van der Waals surface area contributed by atoms with Crippen molar-refractivity contribution < 1.29 is 4.74 Å². The Morgan fingerprint density at radius 2 is 1.21 bits per heavy atom. The van der Waals surface area contributed by atoms with Gasteiger partial charge in [0.1, 0.15) is 5.75 Å². The Bertz CT molecular complexity index is 1210. The maximum atomic E-state index is 6.26. The highest BCUT2D eigenvalue weighted by atomic mass is 16.5. The first-order valence-electron chi connectivity index (χ1n) is 12.5. The number of ether oxygens (including phenoxy) is 1. The van der Waals surface area contributed by atoms with Crippen LogP contribution >= 0.6 is 0 Å². The molecule has 4 aromatic rings. The van der Waals surface area contributed by atoms with Crippen molar-refractivity contribution in [2.45, 2.75) is 52.4 Å². The Hall–Kier alpha value is -3.32. The molecular formula is C33H36O. The minimum absolute atomic E-state index is 0.151. The van der Waals surface area contributed by atoms with Crippen LogP contribution in [0, 0.1) is 6.92 Å². The average Bonchev–Trinajstić information content (AvgIpc) is 2.88. The van der Waals surface area contributed by atoms with Crippen LogP contribution in [0.25, 0.3) is 22.3 Å². The summed E-state index contributed by atoms with van der Waals surface area (Å²) >= 11 is 0. The van der Waals surface area contributed by atoms with Crippen LogP contribution in [0.15, 0.2) is 97.1 Å². The molecule has 0 unspecified atom stereocenters. The third-order valence-corrected chi connectivity index (χ3v) is 6.84. The summed E-state index contributed by atoms with van der Waals surface area (Å²) in [6, 6.07) is 34.9. The van der Waals surface area contributed by atoms with Gasteiger partial charge in [-0.2, -0.15) is 0 Å².